The van der Waals surface area contributed by atoms with Gasteiger partial charge in [0, 0.05) is 15.9 Å². The van der Waals surface area contributed by atoms with Crippen LogP contribution in [0.4, 0.5) is 5.69 Å². The summed E-state index contributed by atoms with van der Waals surface area (Å²) >= 11 is 1.79. The zero-order valence-corrected chi connectivity index (χ0v) is 14.3. The van der Waals surface area contributed by atoms with Crippen LogP contribution in [0.3, 0.4) is 0 Å². The highest BCUT2D eigenvalue weighted by atomic mass is 32.2. The van der Waals surface area contributed by atoms with Crippen LogP contribution in [0.15, 0.2) is 47.4 Å². The van der Waals surface area contributed by atoms with Crippen molar-refractivity contribution in [2.75, 3.05) is 12.0 Å². The molecule has 3 nitrogen and oxygen atoms in total. The fourth-order valence-corrected chi connectivity index (χ4v) is 5.15. The molecule has 2 aromatic rings. The molecule has 2 aliphatic heterocycles. The second-order valence-electron chi connectivity index (χ2n) is 6.59. The van der Waals surface area contributed by atoms with E-state index in [0.29, 0.717) is 6.42 Å². The molecule has 2 aliphatic rings. The van der Waals surface area contributed by atoms with Gasteiger partial charge in [0.05, 0.1) is 24.6 Å². The molecule has 0 N–H and O–H groups in total. The molecule has 0 saturated carbocycles. The Morgan fingerprint density at radius 3 is 2.74 bits per heavy atom. The smallest absolute Gasteiger partial charge is 0.232 e. The van der Waals surface area contributed by atoms with Crippen LogP contribution in [0.1, 0.15) is 25.0 Å². The number of amides is 1. The predicted octanol–water partition coefficient (Wildman–Crippen LogP) is 3.99. The van der Waals surface area contributed by atoms with Crippen LogP contribution < -0.4 is 9.64 Å². The third kappa shape index (κ3) is 2.01. The Bertz CT molecular complexity index is 800. The van der Waals surface area contributed by atoms with E-state index in [4.69, 9.17) is 4.74 Å². The number of thioether (sulfide) groups is 1. The summed E-state index contributed by atoms with van der Waals surface area (Å²) in [7, 11) is 1.67. The van der Waals surface area contributed by atoms with Gasteiger partial charge >= 0.3 is 0 Å². The van der Waals surface area contributed by atoms with Gasteiger partial charge in [0.1, 0.15) is 5.75 Å². The number of benzene rings is 2. The number of anilines is 1. The maximum Gasteiger partial charge on any atom is 0.232 e. The van der Waals surface area contributed by atoms with E-state index in [0.717, 1.165) is 17.0 Å². The lowest BCUT2D eigenvalue weighted by molar-refractivity contribution is -0.118. The summed E-state index contributed by atoms with van der Waals surface area (Å²) in [5, 5.41) is 0.0701. The summed E-state index contributed by atoms with van der Waals surface area (Å²) in [6.07, 6.45) is 0.383. The summed E-state index contributed by atoms with van der Waals surface area (Å²) in [5.41, 5.74) is 3.10. The first-order valence-electron chi connectivity index (χ1n) is 7.78. The predicted molar refractivity (Wildman–Crippen MR) is 93.3 cm³/mol. The number of ether oxygens (including phenoxy) is 1. The van der Waals surface area contributed by atoms with Crippen molar-refractivity contribution in [3.05, 3.63) is 53.6 Å². The topological polar surface area (TPSA) is 29.5 Å². The summed E-state index contributed by atoms with van der Waals surface area (Å²) in [6.45, 7) is 4.45. The van der Waals surface area contributed by atoms with Gasteiger partial charge in [-0.15, -0.1) is 0 Å². The summed E-state index contributed by atoms with van der Waals surface area (Å²) in [6, 6.07) is 14.3. The molecule has 0 saturated heterocycles. The van der Waals surface area contributed by atoms with Crippen molar-refractivity contribution < 1.29 is 9.53 Å². The molecule has 2 aromatic carbocycles. The third-order valence-corrected chi connectivity index (χ3v) is 6.48. The Morgan fingerprint density at radius 2 is 1.96 bits per heavy atom. The van der Waals surface area contributed by atoms with E-state index in [1.807, 2.05) is 35.2 Å². The van der Waals surface area contributed by atoms with Crippen LogP contribution >= 0.6 is 11.8 Å². The summed E-state index contributed by atoms with van der Waals surface area (Å²) in [4.78, 5) is 16.2. The van der Waals surface area contributed by atoms with Crippen LogP contribution in [0.25, 0.3) is 0 Å². The summed E-state index contributed by atoms with van der Waals surface area (Å²) < 4.78 is 5.52. The molecule has 0 aliphatic carbocycles. The minimum absolute atomic E-state index is 0.0701. The van der Waals surface area contributed by atoms with E-state index in [9.17, 15) is 4.79 Å². The molecule has 1 amide bonds. The average molecular weight is 325 g/mol. The number of methoxy groups -OCH3 is 1. The molecule has 0 aromatic heterocycles. The zero-order chi connectivity index (χ0) is 16.2. The van der Waals surface area contributed by atoms with Crippen molar-refractivity contribution in [2.45, 2.75) is 36.0 Å². The number of hydrogen-bond donors (Lipinski definition) is 0. The van der Waals surface area contributed by atoms with Gasteiger partial charge in [-0.1, -0.05) is 49.9 Å². The number of carbonyl (C=O) groups is 1. The van der Waals surface area contributed by atoms with Gasteiger partial charge in [-0.2, -0.15) is 0 Å². The molecular formula is C19H19NO2S. The fraction of sp³-hybridized carbons (Fsp3) is 0.316. The Kier molecular flexibility index (Phi) is 3.20. The molecule has 4 heteroatoms. The Morgan fingerprint density at radius 1 is 1.17 bits per heavy atom. The fourth-order valence-electron chi connectivity index (χ4n) is 3.70. The van der Waals surface area contributed by atoms with Gasteiger partial charge in [-0.3, -0.25) is 9.69 Å². The molecule has 0 bridgehead atoms. The van der Waals surface area contributed by atoms with Crippen LogP contribution in [0.2, 0.25) is 0 Å². The molecular weight excluding hydrogens is 306 g/mol. The Balaban J connectivity index is 1.92. The zero-order valence-electron chi connectivity index (χ0n) is 13.5. The molecule has 23 heavy (non-hydrogen) atoms. The quantitative estimate of drug-likeness (QED) is 0.794. The first-order valence-corrected chi connectivity index (χ1v) is 8.66. The van der Waals surface area contributed by atoms with Crippen molar-refractivity contribution in [1.29, 1.82) is 0 Å². The molecule has 0 fully saturated rings. The second-order valence-corrected chi connectivity index (χ2v) is 7.71. The minimum Gasteiger partial charge on any atom is -0.496 e. The number of rotatable bonds is 1. The lowest BCUT2D eigenvalue weighted by Gasteiger charge is -2.35. The maximum absolute atomic E-state index is 13.0. The number of fused-ring (bicyclic) bond motifs is 4. The third-order valence-electron chi connectivity index (χ3n) is 4.86. The van der Waals surface area contributed by atoms with Crippen molar-refractivity contribution in [3.63, 3.8) is 0 Å². The molecule has 118 valence electrons. The highest BCUT2D eigenvalue weighted by Crippen LogP contribution is 2.53. The standard InChI is InChI=1S/C19H19NO2S/c1-19(2)13-7-6-9-15(22-3)12(13)11-17(21)20-14-8-4-5-10-16(14)23-18(19)20/h4-10,18H,11H2,1-3H3. The van der Waals surface area contributed by atoms with Gasteiger partial charge < -0.3 is 4.74 Å². The van der Waals surface area contributed by atoms with Gasteiger partial charge in [0.15, 0.2) is 0 Å². The molecule has 0 spiro atoms. The number of para-hydroxylation sites is 1. The molecule has 0 radical (unpaired) electrons. The van der Waals surface area contributed by atoms with E-state index in [1.54, 1.807) is 18.9 Å². The van der Waals surface area contributed by atoms with Gasteiger partial charge in [0.25, 0.3) is 0 Å². The highest BCUT2D eigenvalue weighted by Gasteiger charge is 2.47. The number of nitrogens with zero attached hydrogens (tertiary/aromatic N) is 1. The summed E-state index contributed by atoms with van der Waals surface area (Å²) in [5.74, 6) is 0.951. The maximum atomic E-state index is 13.0. The minimum atomic E-state index is -0.167. The highest BCUT2D eigenvalue weighted by molar-refractivity contribution is 8.00. The van der Waals surface area contributed by atoms with E-state index < -0.39 is 0 Å². The normalized spacial score (nSPS) is 21.3. The second kappa shape index (κ2) is 5.03. The molecule has 4 rings (SSSR count). The lowest BCUT2D eigenvalue weighted by Crippen LogP contribution is -2.44. The number of carbonyl (C=O) groups excluding carboxylic acids is 1. The Hall–Kier alpha value is -1.94. The van der Waals surface area contributed by atoms with Crippen LogP contribution in [0.5, 0.6) is 5.75 Å². The SMILES string of the molecule is COc1cccc2c1CC(=O)N1c3ccccc3SC1C2(C)C. The van der Waals surface area contributed by atoms with Crippen LogP contribution in [0, 0.1) is 0 Å². The van der Waals surface area contributed by atoms with Crippen molar-refractivity contribution in [3.8, 4) is 5.75 Å². The van der Waals surface area contributed by atoms with E-state index in [2.05, 4.69) is 26.0 Å². The van der Waals surface area contributed by atoms with Crippen molar-refractivity contribution in [2.24, 2.45) is 0 Å². The van der Waals surface area contributed by atoms with Crippen molar-refractivity contribution in [1.82, 2.24) is 0 Å². The molecule has 1 unspecified atom stereocenters. The van der Waals surface area contributed by atoms with Crippen LogP contribution in [-0.4, -0.2) is 18.4 Å². The Labute approximate surface area is 140 Å². The number of hydrogen-bond acceptors (Lipinski definition) is 3. The first-order chi connectivity index (χ1) is 11.0. The monoisotopic (exact) mass is 325 g/mol. The molecule has 1 atom stereocenters. The van der Waals surface area contributed by atoms with E-state index in [-0.39, 0.29) is 16.7 Å². The lowest BCUT2D eigenvalue weighted by atomic mass is 9.81. The largest absolute Gasteiger partial charge is 0.496 e. The molecule has 2 heterocycles. The van der Waals surface area contributed by atoms with Gasteiger partial charge in [0.2, 0.25) is 5.91 Å². The van der Waals surface area contributed by atoms with Crippen LogP contribution in [-0.2, 0) is 16.6 Å². The van der Waals surface area contributed by atoms with Gasteiger partial charge in [-0.05, 0) is 23.8 Å². The average Bonchev–Trinajstić information content (AvgIpc) is 2.91. The van der Waals surface area contributed by atoms with Crippen molar-refractivity contribution >= 4 is 23.4 Å². The first kappa shape index (κ1) is 14.6. The van der Waals surface area contributed by atoms with E-state index >= 15 is 0 Å². The van der Waals surface area contributed by atoms with Gasteiger partial charge in [-0.25, -0.2) is 0 Å². The van der Waals surface area contributed by atoms with E-state index in [1.165, 1.54) is 10.5 Å².